The first kappa shape index (κ1) is 37.7. The number of para-hydroxylation sites is 2. The predicted octanol–water partition coefficient (Wildman–Crippen LogP) is 12.2. The van der Waals surface area contributed by atoms with Crippen LogP contribution in [-0.4, -0.2) is 9.97 Å². The van der Waals surface area contributed by atoms with E-state index in [0.717, 1.165) is 70.2 Å². The molecule has 63 heavy (non-hydrogen) atoms. The van der Waals surface area contributed by atoms with Crippen LogP contribution >= 0.6 is 0 Å². The van der Waals surface area contributed by atoms with Crippen LogP contribution in [0.5, 0.6) is 0 Å². The summed E-state index contributed by atoms with van der Waals surface area (Å²) < 4.78 is 8.91. The Balaban J connectivity index is 0.946. The van der Waals surface area contributed by atoms with E-state index in [0.29, 0.717) is 0 Å². The first-order chi connectivity index (χ1) is 30.9. The summed E-state index contributed by atoms with van der Waals surface area (Å²) in [6.07, 6.45) is 1.95. The Bertz CT molecular complexity index is 3590. The Morgan fingerprint density at radius 1 is 0.524 bits per heavy atom. The summed E-state index contributed by atoms with van der Waals surface area (Å²) in [7, 11) is 0. The average Bonchev–Trinajstić information content (AvgIpc) is 3.82. The number of anilines is 3. The van der Waals surface area contributed by atoms with Crippen molar-refractivity contribution in [3.05, 3.63) is 218 Å². The maximum atomic E-state index is 6.46. The molecular formula is C58H41IN3O-. The quantitative estimate of drug-likeness (QED) is 0.0907. The van der Waals surface area contributed by atoms with Gasteiger partial charge in [-0.25, -0.2) is 0 Å². The number of halogens is 1. The number of rotatable bonds is 7. The number of pyridine rings is 2. The van der Waals surface area contributed by atoms with Gasteiger partial charge in [-0.15, -0.1) is 0 Å². The Labute approximate surface area is 376 Å². The van der Waals surface area contributed by atoms with Gasteiger partial charge in [0.1, 0.15) is 5.58 Å². The zero-order chi connectivity index (χ0) is 42.2. The third-order valence-corrected chi connectivity index (χ3v) is 15.6. The summed E-state index contributed by atoms with van der Waals surface area (Å²) in [5, 5.41) is 5.75. The van der Waals surface area contributed by atoms with Crippen molar-refractivity contribution in [2.24, 2.45) is 0 Å². The van der Waals surface area contributed by atoms with Gasteiger partial charge < -0.3 is 4.42 Å². The van der Waals surface area contributed by atoms with Crippen LogP contribution in [0.2, 0.25) is 0 Å². The number of aryl methyl sites for hydroxylation is 1. The molecule has 0 fully saturated rings. The Morgan fingerprint density at radius 3 is 2.00 bits per heavy atom. The van der Waals surface area contributed by atoms with E-state index >= 15 is 0 Å². The fourth-order valence-electron chi connectivity index (χ4n) is 9.85. The van der Waals surface area contributed by atoms with Gasteiger partial charge in [-0.1, -0.05) is 62.4 Å². The third-order valence-electron chi connectivity index (χ3n) is 12.9. The van der Waals surface area contributed by atoms with Crippen molar-refractivity contribution >= 4 is 60.7 Å². The molecule has 12 rings (SSSR count). The van der Waals surface area contributed by atoms with Crippen molar-refractivity contribution < 1.29 is 25.6 Å². The van der Waals surface area contributed by atoms with E-state index in [1.807, 2.05) is 12.3 Å². The van der Waals surface area contributed by atoms with Crippen molar-refractivity contribution in [1.29, 1.82) is 0 Å². The molecule has 3 heterocycles. The molecule has 0 amide bonds. The van der Waals surface area contributed by atoms with Crippen molar-refractivity contribution in [2.75, 3.05) is 4.90 Å². The second-order valence-corrected chi connectivity index (χ2v) is 19.7. The van der Waals surface area contributed by atoms with Gasteiger partial charge in [0.25, 0.3) is 0 Å². The molecule has 0 aliphatic heterocycles. The topological polar surface area (TPSA) is 42.2 Å². The standard InChI is InChI=1S/C58H41IN3O/c1-36-14-4-5-15-41(36)56-55-43(34-35-60-56)42-16-7-10-21-48(42)61-57(55)59-39-30-26-37(27-31-39)38-28-32-40(33-29-38)62(50-23-13-25-52-54(50)45-18-8-11-24-51(45)63-52)49-22-12-20-47-53(49)44-17-6-9-19-46(44)58(47,2)3/h4-35H,1-3H3/q-1. The van der Waals surface area contributed by atoms with Gasteiger partial charge in [-0.3, -0.25) is 0 Å². The monoisotopic (exact) mass is 922 g/mol. The van der Waals surface area contributed by atoms with E-state index in [1.54, 1.807) is 0 Å². The molecule has 4 nitrogen and oxygen atoms in total. The van der Waals surface area contributed by atoms with Gasteiger partial charge in [0, 0.05) is 5.41 Å². The number of nitrogens with zero attached hydrogens (tertiary/aromatic N) is 3. The average molecular weight is 923 g/mol. The van der Waals surface area contributed by atoms with Gasteiger partial charge in [-0.2, -0.15) is 0 Å². The summed E-state index contributed by atoms with van der Waals surface area (Å²) in [6, 6.07) is 67.9. The van der Waals surface area contributed by atoms with Gasteiger partial charge >= 0.3 is 284 Å². The fraction of sp³-hybridized carbons (Fsp3) is 0.0690. The molecule has 0 saturated carbocycles. The minimum atomic E-state index is -0.634. The zero-order valence-corrected chi connectivity index (χ0v) is 37.3. The summed E-state index contributed by atoms with van der Waals surface area (Å²) in [5.74, 6) is 0. The van der Waals surface area contributed by atoms with E-state index in [9.17, 15) is 0 Å². The maximum absolute atomic E-state index is 6.46. The van der Waals surface area contributed by atoms with E-state index in [1.165, 1.54) is 47.9 Å². The van der Waals surface area contributed by atoms with Crippen LogP contribution in [-0.2, 0) is 5.41 Å². The second kappa shape index (κ2) is 14.8. The summed E-state index contributed by atoms with van der Waals surface area (Å²) >= 11 is -0.634. The van der Waals surface area contributed by atoms with Crippen LogP contribution in [0.3, 0.4) is 0 Å². The molecule has 302 valence electrons. The van der Waals surface area contributed by atoms with Crippen LogP contribution in [0.25, 0.3) is 77.1 Å². The van der Waals surface area contributed by atoms with Crippen molar-refractivity contribution in [1.82, 2.24) is 9.97 Å². The Kier molecular flexibility index (Phi) is 8.83. The molecule has 1 aliphatic carbocycles. The zero-order valence-electron chi connectivity index (χ0n) is 35.1. The van der Waals surface area contributed by atoms with Gasteiger partial charge in [0.05, 0.1) is 0 Å². The number of fused-ring (bicyclic) bond motifs is 9. The normalized spacial score (nSPS) is 12.9. The van der Waals surface area contributed by atoms with Crippen LogP contribution in [0.1, 0.15) is 30.5 Å². The van der Waals surface area contributed by atoms with E-state index in [-0.39, 0.29) is 5.41 Å². The van der Waals surface area contributed by atoms with E-state index < -0.39 is 21.2 Å². The van der Waals surface area contributed by atoms with Crippen molar-refractivity contribution in [3.63, 3.8) is 0 Å². The third kappa shape index (κ3) is 6.09. The number of benzene rings is 8. The summed E-state index contributed by atoms with van der Waals surface area (Å²) in [5.41, 5.74) is 17.0. The van der Waals surface area contributed by atoms with Gasteiger partial charge in [0.15, 0.2) is 0 Å². The van der Waals surface area contributed by atoms with Crippen molar-refractivity contribution in [2.45, 2.75) is 26.2 Å². The molecule has 0 unspecified atom stereocenters. The molecule has 0 spiro atoms. The van der Waals surface area contributed by atoms with E-state index in [4.69, 9.17) is 14.4 Å². The molecule has 8 aromatic carbocycles. The first-order valence-corrected chi connectivity index (χ1v) is 23.6. The van der Waals surface area contributed by atoms with Crippen LogP contribution in [0, 0.1) is 14.2 Å². The van der Waals surface area contributed by atoms with Crippen LogP contribution in [0.15, 0.2) is 199 Å². The van der Waals surface area contributed by atoms with Crippen molar-refractivity contribution in [3.8, 4) is 33.5 Å². The molecule has 0 radical (unpaired) electrons. The molecule has 0 bridgehead atoms. The number of hydrogen-bond donors (Lipinski definition) is 0. The Hall–Kier alpha value is -7.09. The molecule has 11 aromatic rings. The first-order valence-electron chi connectivity index (χ1n) is 21.4. The van der Waals surface area contributed by atoms with Crippen LogP contribution < -0.4 is 26.1 Å². The number of furan rings is 1. The summed E-state index contributed by atoms with van der Waals surface area (Å²) in [4.78, 5) is 12.8. The number of aromatic nitrogens is 2. The predicted molar refractivity (Wildman–Crippen MR) is 256 cm³/mol. The van der Waals surface area contributed by atoms with Gasteiger partial charge in [-0.05, 0) is 17.7 Å². The van der Waals surface area contributed by atoms with Gasteiger partial charge in [0.2, 0.25) is 0 Å². The molecule has 0 saturated heterocycles. The SMILES string of the molecule is Cc1ccccc1-c1nccc2c1c([I-]c1ccc(-c3ccc(N(c4cccc5c4-c4ccccc4C5(C)C)c4cccc5oc6ccccc6c45)cc3)cc1)nc1ccccc12. The molecular weight excluding hydrogens is 882 g/mol. The van der Waals surface area contributed by atoms with E-state index in [2.05, 4.69) is 208 Å². The number of hydrogen-bond acceptors (Lipinski definition) is 4. The second-order valence-electron chi connectivity index (χ2n) is 16.9. The fourth-order valence-corrected chi connectivity index (χ4v) is 12.4. The molecule has 5 heteroatoms. The molecule has 0 atom stereocenters. The minimum absolute atomic E-state index is 0.127. The van der Waals surface area contributed by atoms with Crippen LogP contribution in [0.4, 0.5) is 17.1 Å². The molecule has 3 aromatic heterocycles. The Morgan fingerprint density at radius 2 is 1.17 bits per heavy atom. The molecule has 1 aliphatic rings. The molecule has 0 N–H and O–H groups in total. The summed E-state index contributed by atoms with van der Waals surface area (Å²) in [6.45, 7) is 6.86.